The summed E-state index contributed by atoms with van der Waals surface area (Å²) in [6.45, 7) is 43.7. The van der Waals surface area contributed by atoms with Crippen LogP contribution in [0.25, 0.3) is 98.4 Å². The molecule has 0 spiro atoms. The number of aliphatic hydroxyl groups excluding tert-OH is 3. The van der Waals surface area contributed by atoms with Crippen LogP contribution in [0, 0.1) is 116 Å². The Morgan fingerprint density at radius 3 is 1.13 bits per heavy atom. The Morgan fingerprint density at radius 1 is 0.386 bits per heavy atom. The van der Waals surface area contributed by atoms with Crippen molar-refractivity contribution in [2.24, 2.45) is 32.5 Å². The van der Waals surface area contributed by atoms with Crippen LogP contribution in [0.15, 0.2) is 181 Å². The van der Waals surface area contributed by atoms with Crippen LogP contribution in [0.2, 0.25) is 0 Å². The first-order chi connectivity index (χ1) is 60.3. The predicted octanol–water partition coefficient (Wildman–Crippen LogP) is 31.7. The summed E-state index contributed by atoms with van der Waals surface area (Å²) in [5.74, 6) is -0.730. The van der Waals surface area contributed by atoms with Gasteiger partial charge in [-0.3, -0.25) is 14.4 Å². The minimum absolute atomic E-state index is 0. The number of hydrogen-bond acceptors (Lipinski definition) is 9. The molecule has 3 radical (unpaired) electrons. The van der Waals surface area contributed by atoms with Gasteiger partial charge in [0.2, 0.25) is 0 Å². The number of carbonyl (C=O) groups is 3. The molecule has 3 N–H and O–H groups in total. The summed E-state index contributed by atoms with van der Waals surface area (Å²) in [6, 6.07) is 45.0. The molecular weight excluding hydrogens is 2140 g/mol. The number of benzene rings is 9. The van der Waals surface area contributed by atoms with Gasteiger partial charge in [-0.15, -0.1) is 105 Å². The van der Waals surface area contributed by atoms with Gasteiger partial charge in [-0.05, 0) is 183 Å². The first-order valence-corrected chi connectivity index (χ1v) is 42.8. The maximum atomic E-state index is 14.5. The van der Waals surface area contributed by atoms with Crippen LogP contribution in [0.5, 0.6) is 0 Å². The number of fused-ring (bicyclic) bond motifs is 9. The summed E-state index contributed by atoms with van der Waals surface area (Å²) in [5.41, 5.74) is 6.04. The van der Waals surface area contributed by atoms with Gasteiger partial charge >= 0.3 is 6.18 Å². The third-order valence-electron chi connectivity index (χ3n) is 25.1. The maximum Gasteiger partial charge on any atom is 0.416 e. The Morgan fingerprint density at radius 2 is 0.748 bits per heavy atom. The van der Waals surface area contributed by atoms with E-state index in [9.17, 15) is 56.0 Å². The third kappa shape index (κ3) is 26.9. The Kier molecular flexibility index (Phi) is 36.4. The van der Waals surface area contributed by atoms with Crippen LogP contribution in [-0.2, 0) is 80.9 Å². The molecule has 0 fully saturated rings. The van der Waals surface area contributed by atoms with E-state index in [1.807, 2.05) is 203 Å². The zero-order chi connectivity index (χ0) is 97.9. The number of carbonyl (C=O) groups excluding carboxylic acids is 3. The average Bonchev–Trinajstić information content (AvgIpc) is 0.746. The molecule has 687 valence electrons. The second-order valence-electron chi connectivity index (χ2n) is 35.9. The summed E-state index contributed by atoms with van der Waals surface area (Å²) in [6.07, 6.45) is 11.2. The fourth-order valence-corrected chi connectivity index (χ4v) is 13.7. The summed E-state index contributed by atoms with van der Waals surface area (Å²) in [4.78, 5) is 49.3. The predicted molar refractivity (Wildman–Crippen MR) is 504 cm³/mol. The maximum absolute atomic E-state index is 14.5. The van der Waals surface area contributed by atoms with E-state index in [0.717, 1.165) is 135 Å². The molecule has 0 saturated carbocycles. The number of allylic oxidation sites excluding steroid dienone is 6. The molecule has 0 aliphatic rings. The molecule has 3 aromatic heterocycles. The molecule has 12 aromatic rings. The topological polar surface area (TPSA) is 151 Å². The minimum atomic E-state index is -4.39. The van der Waals surface area contributed by atoms with Crippen molar-refractivity contribution >= 4 is 82.0 Å². The standard InChI is InChI=1S/C25H21F3N.C22H16F2N.C21H15FN.C15H28O2.2C13H24O2.3Ir/c1-14(2)22-12-18(25(26,27)28)13-23-19(22)5-6-21-20(23)7-8-29-24(21)17-10-15(3)9-16(4)11-17;1-12-8-13(2)10-15(9-12)22-18-5-4-17-19(16(18)6-7-25-22)11-20(23)14(3)21(17)24;1-13-10-14(2)12-15(11-13)21-19-7-6-18-16(4-3-5-20(18)22)17(19)8-9-23-21;1-7-14(5,8-2)12(16)11-13(17)15(6,9-3)10-4;2*1-7-12(3,4)10(14)9-11(15)13(5,6)8-2;;;/h5-10,12-14H,1-4H3;4-9,11H,1-3H3;3-11H,1-2H3;11,16H,7-10H2,1-6H3;2*9,14H,7-8H2,1-6H3;;;/q3*-1;;;;;;/i;;1D3,2D3;;;;;;. The minimum Gasteiger partial charge on any atom is -0.512 e. The second-order valence-corrected chi connectivity index (χ2v) is 35.9. The molecule has 12 rings (SSSR count). The molecule has 0 aliphatic heterocycles. The molecule has 0 amide bonds. The normalized spacial score (nSPS) is 13.2. The number of nitrogens with zero attached hydrogens (tertiary/aromatic N) is 3. The first kappa shape index (κ1) is 100. The largest absolute Gasteiger partial charge is 0.512 e. The molecular formula is C109H128F6Ir3N3O6-3. The average molecular weight is 2270 g/mol. The number of halogens is 6. The number of aliphatic hydroxyl groups is 3. The summed E-state index contributed by atoms with van der Waals surface area (Å²) >= 11 is 0. The van der Waals surface area contributed by atoms with Crippen molar-refractivity contribution in [1.29, 1.82) is 0 Å². The van der Waals surface area contributed by atoms with Crippen molar-refractivity contribution in [2.45, 2.75) is 250 Å². The smallest absolute Gasteiger partial charge is 0.416 e. The Bertz CT molecular complexity index is 6120. The molecule has 127 heavy (non-hydrogen) atoms. The van der Waals surface area contributed by atoms with Crippen LogP contribution in [0.4, 0.5) is 26.3 Å². The van der Waals surface area contributed by atoms with E-state index in [-0.39, 0.29) is 161 Å². The van der Waals surface area contributed by atoms with Crippen molar-refractivity contribution in [3.05, 3.63) is 267 Å². The molecule has 0 saturated heterocycles. The van der Waals surface area contributed by atoms with E-state index in [2.05, 4.69) is 39.2 Å². The van der Waals surface area contributed by atoms with Crippen LogP contribution in [0.3, 0.4) is 0 Å². The first-order valence-electron chi connectivity index (χ1n) is 45.8. The number of aryl methyl sites for hydroxylation is 6. The molecule has 9 nitrogen and oxygen atoms in total. The summed E-state index contributed by atoms with van der Waals surface area (Å²) in [7, 11) is 0. The van der Waals surface area contributed by atoms with Crippen molar-refractivity contribution < 1.29 is 125 Å². The SMILES string of the molecule is CCC(C)(C)C(=O)C=C(O)C(C)(C)CC.CCC(C)(C)C(=O)C=C(O)C(C)(C)CC.CCC(C)(CC)C(=O)C=C(O)C(C)(CC)CC.Cc1[c-]c(-c2nccc3c2ccc2c(C(C)C)cc(C(F)(F)F)cc23)cc(C)c1.Cc1[c-]c(-c2nccc3c2ccc2c(F)c(C)c(F)cc23)cc(C)c1.[2H]C([2H])([2H])c1[c-]c(-c2nccc3c2ccc2c(F)cccc23)cc(C([2H])([2H])[2H])c1.[Ir].[Ir].[Ir]. The van der Waals surface area contributed by atoms with Crippen LogP contribution in [-0.4, -0.2) is 47.6 Å². The van der Waals surface area contributed by atoms with Crippen LogP contribution < -0.4 is 0 Å². The van der Waals surface area contributed by atoms with E-state index in [1.54, 1.807) is 60.9 Å². The molecule has 18 heteroatoms. The number of alkyl halides is 3. The van der Waals surface area contributed by atoms with Crippen molar-refractivity contribution in [2.75, 3.05) is 0 Å². The fraction of sp³-hybridized carbons (Fsp3) is 0.394. The number of pyridine rings is 3. The van der Waals surface area contributed by atoms with E-state index >= 15 is 0 Å². The fourth-order valence-electron chi connectivity index (χ4n) is 13.7. The Balaban J connectivity index is 0.000000340. The van der Waals surface area contributed by atoms with E-state index in [4.69, 9.17) is 8.22 Å². The van der Waals surface area contributed by atoms with Gasteiger partial charge in [0.1, 0.15) is 34.7 Å². The van der Waals surface area contributed by atoms with Gasteiger partial charge in [0.15, 0.2) is 17.3 Å². The molecule has 3 heterocycles. The van der Waals surface area contributed by atoms with Crippen molar-refractivity contribution in [1.82, 2.24) is 15.0 Å². The van der Waals surface area contributed by atoms with Gasteiger partial charge in [0, 0.05) is 154 Å². The zero-order valence-corrected chi connectivity index (χ0v) is 85.2. The third-order valence-corrected chi connectivity index (χ3v) is 25.1. The number of hydrogen-bond donors (Lipinski definition) is 3. The van der Waals surface area contributed by atoms with E-state index < -0.39 is 37.1 Å². The van der Waals surface area contributed by atoms with Crippen molar-refractivity contribution in [3.8, 4) is 33.8 Å². The van der Waals surface area contributed by atoms with Gasteiger partial charge in [-0.2, -0.15) is 13.2 Å². The molecule has 0 bridgehead atoms. The van der Waals surface area contributed by atoms with Gasteiger partial charge in [-0.1, -0.05) is 228 Å². The molecule has 0 unspecified atom stereocenters. The Hall–Kier alpha value is -8.85. The summed E-state index contributed by atoms with van der Waals surface area (Å²) in [5, 5.41) is 38.0. The van der Waals surface area contributed by atoms with Crippen LogP contribution >= 0.6 is 0 Å². The van der Waals surface area contributed by atoms with E-state index in [0.29, 0.717) is 43.6 Å². The number of ketones is 3. The van der Waals surface area contributed by atoms with Crippen molar-refractivity contribution in [3.63, 3.8) is 0 Å². The molecule has 0 aliphatic carbocycles. The zero-order valence-electron chi connectivity index (χ0n) is 84.0. The number of aromatic nitrogens is 3. The molecule has 9 aromatic carbocycles. The van der Waals surface area contributed by atoms with Gasteiger partial charge in [0.05, 0.1) is 5.56 Å². The number of rotatable bonds is 21. The van der Waals surface area contributed by atoms with Crippen LogP contribution in [0.1, 0.15) is 254 Å². The quantitative estimate of drug-likeness (QED) is 0.0210. The van der Waals surface area contributed by atoms with Gasteiger partial charge < -0.3 is 30.3 Å². The van der Waals surface area contributed by atoms with Gasteiger partial charge in [-0.25, -0.2) is 13.2 Å². The molecule has 0 atom stereocenters. The second kappa shape index (κ2) is 46.1. The monoisotopic (exact) mass is 2270 g/mol. The van der Waals surface area contributed by atoms with E-state index in [1.165, 1.54) is 61.7 Å². The Labute approximate surface area is 799 Å². The summed E-state index contributed by atoms with van der Waals surface area (Å²) < 4.78 is 130. The van der Waals surface area contributed by atoms with Gasteiger partial charge in [0.25, 0.3) is 0 Å².